The monoisotopic (exact) mass is 156 g/mol. The van der Waals surface area contributed by atoms with E-state index in [-0.39, 0.29) is 0 Å². The predicted molar refractivity (Wildman–Crippen MR) is 46.2 cm³/mol. The zero-order chi connectivity index (χ0) is 8.74. The second kappa shape index (κ2) is 5.10. The molecule has 1 atom stereocenters. The average Bonchev–Trinajstić information content (AvgIpc) is 2.02. The molecule has 64 valence electrons. The molecule has 0 spiro atoms. The quantitative estimate of drug-likeness (QED) is 0.470. The molecule has 0 aliphatic heterocycles. The third-order valence-corrected chi connectivity index (χ3v) is 1.49. The predicted octanol–water partition coefficient (Wildman–Crippen LogP) is 1.86. The Morgan fingerprint density at radius 2 is 2.09 bits per heavy atom. The highest BCUT2D eigenvalue weighted by molar-refractivity contribution is 4.79. The summed E-state index contributed by atoms with van der Waals surface area (Å²) >= 11 is 0. The molecular weight excluding hydrogens is 140 g/mol. The minimum absolute atomic E-state index is 0.373. The van der Waals surface area contributed by atoms with Crippen LogP contribution in [0.25, 0.3) is 0 Å². The molecule has 0 bridgehead atoms. The summed E-state index contributed by atoms with van der Waals surface area (Å²) in [4.78, 5) is 0. The maximum atomic E-state index is 9.61. The fourth-order valence-corrected chi connectivity index (χ4v) is 0.745. The molecular formula is C9H16O2. The number of ether oxygens (including phenoxy) is 1. The first-order chi connectivity index (χ1) is 5.18. The van der Waals surface area contributed by atoms with Crippen LogP contribution in [0.15, 0.2) is 25.3 Å². The maximum Gasteiger partial charge on any atom is 0.169 e. The van der Waals surface area contributed by atoms with Crippen LogP contribution in [0.3, 0.4) is 0 Å². The lowest BCUT2D eigenvalue weighted by atomic mass is 10.1. The van der Waals surface area contributed by atoms with Gasteiger partial charge in [0.1, 0.15) is 0 Å². The first kappa shape index (κ1) is 10.4. The fraction of sp³-hybridized carbons (Fsp3) is 0.556. The largest absolute Gasteiger partial charge is 0.365 e. The van der Waals surface area contributed by atoms with Gasteiger partial charge in [0.05, 0.1) is 6.61 Å². The van der Waals surface area contributed by atoms with E-state index in [4.69, 9.17) is 4.74 Å². The highest BCUT2D eigenvalue weighted by Gasteiger charge is 2.22. The van der Waals surface area contributed by atoms with Gasteiger partial charge in [-0.15, -0.1) is 13.2 Å². The maximum absolute atomic E-state index is 9.61. The van der Waals surface area contributed by atoms with Crippen molar-refractivity contribution in [1.82, 2.24) is 0 Å². The van der Waals surface area contributed by atoms with E-state index in [1.165, 1.54) is 0 Å². The second-order valence-electron chi connectivity index (χ2n) is 2.39. The summed E-state index contributed by atoms with van der Waals surface area (Å²) < 4.78 is 5.13. The molecule has 0 heterocycles. The Morgan fingerprint density at radius 1 is 1.45 bits per heavy atom. The van der Waals surface area contributed by atoms with Crippen molar-refractivity contribution in [3.8, 4) is 0 Å². The van der Waals surface area contributed by atoms with Crippen LogP contribution in [-0.2, 0) is 4.74 Å². The molecule has 0 radical (unpaired) electrons. The molecule has 0 saturated heterocycles. The minimum Gasteiger partial charge on any atom is -0.365 e. The van der Waals surface area contributed by atoms with Crippen LogP contribution in [-0.4, -0.2) is 17.5 Å². The van der Waals surface area contributed by atoms with E-state index in [0.717, 1.165) is 0 Å². The van der Waals surface area contributed by atoms with Gasteiger partial charge in [-0.25, -0.2) is 0 Å². The van der Waals surface area contributed by atoms with Crippen LogP contribution >= 0.6 is 0 Å². The van der Waals surface area contributed by atoms with Gasteiger partial charge in [0.15, 0.2) is 5.79 Å². The summed E-state index contributed by atoms with van der Waals surface area (Å²) in [5.74, 6) is -1.05. The number of hydrogen-bond donors (Lipinski definition) is 1. The topological polar surface area (TPSA) is 29.5 Å². The first-order valence-corrected chi connectivity index (χ1v) is 3.76. The van der Waals surface area contributed by atoms with Gasteiger partial charge < -0.3 is 9.84 Å². The van der Waals surface area contributed by atoms with Crippen molar-refractivity contribution in [1.29, 1.82) is 0 Å². The van der Waals surface area contributed by atoms with E-state index in [2.05, 4.69) is 13.2 Å². The Bertz CT molecular complexity index is 132. The molecule has 0 amide bonds. The Balaban J connectivity index is 3.86. The van der Waals surface area contributed by atoms with Crippen molar-refractivity contribution in [2.75, 3.05) is 6.61 Å². The molecule has 2 nitrogen and oxygen atoms in total. The van der Waals surface area contributed by atoms with Crippen LogP contribution in [0, 0.1) is 0 Å². The number of aliphatic hydroxyl groups is 1. The van der Waals surface area contributed by atoms with E-state index in [0.29, 0.717) is 19.4 Å². The molecule has 1 unspecified atom stereocenters. The number of hydrogen-bond acceptors (Lipinski definition) is 2. The zero-order valence-corrected chi connectivity index (χ0v) is 7.05. The van der Waals surface area contributed by atoms with Crippen molar-refractivity contribution in [2.24, 2.45) is 0 Å². The van der Waals surface area contributed by atoms with E-state index in [1.54, 1.807) is 12.2 Å². The van der Waals surface area contributed by atoms with Gasteiger partial charge in [0.2, 0.25) is 0 Å². The van der Waals surface area contributed by atoms with Crippen LogP contribution in [0.2, 0.25) is 0 Å². The van der Waals surface area contributed by atoms with E-state index in [1.807, 2.05) is 6.92 Å². The minimum atomic E-state index is -1.05. The Hall–Kier alpha value is -0.600. The summed E-state index contributed by atoms with van der Waals surface area (Å²) in [5.41, 5.74) is 0. The number of rotatable bonds is 6. The van der Waals surface area contributed by atoms with Crippen molar-refractivity contribution >= 4 is 0 Å². The Labute approximate surface area is 68.2 Å². The smallest absolute Gasteiger partial charge is 0.169 e. The van der Waals surface area contributed by atoms with Gasteiger partial charge in [0, 0.05) is 6.42 Å². The SMILES string of the molecule is C=CCOC(O)(CC)CC=C. The molecule has 0 fully saturated rings. The molecule has 0 rings (SSSR count). The summed E-state index contributed by atoms with van der Waals surface area (Å²) in [6.07, 6.45) is 4.28. The van der Waals surface area contributed by atoms with Crippen molar-refractivity contribution in [3.05, 3.63) is 25.3 Å². The van der Waals surface area contributed by atoms with Gasteiger partial charge in [-0.05, 0) is 6.42 Å². The van der Waals surface area contributed by atoms with Crippen LogP contribution < -0.4 is 0 Å². The zero-order valence-electron chi connectivity index (χ0n) is 7.05. The van der Waals surface area contributed by atoms with Crippen LogP contribution in [0.1, 0.15) is 19.8 Å². The third-order valence-electron chi connectivity index (χ3n) is 1.49. The molecule has 0 aliphatic carbocycles. The molecule has 0 saturated carbocycles. The molecule has 0 aromatic heterocycles. The first-order valence-electron chi connectivity index (χ1n) is 3.76. The van der Waals surface area contributed by atoms with Crippen molar-refractivity contribution in [2.45, 2.75) is 25.6 Å². The molecule has 2 heteroatoms. The lowest BCUT2D eigenvalue weighted by Crippen LogP contribution is -2.30. The molecule has 0 aliphatic rings. The lowest BCUT2D eigenvalue weighted by molar-refractivity contribution is -0.195. The Morgan fingerprint density at radius 3 is 2.45 bits per heavy atom. The fourth-order valence-electron chi connectivity index (χ4n) is 0.745. The van der Waals surface area contributed by atoms with Gasteiger partial charge in [-0.2, -0.15) is 0 Å². The van der Waals surface area contributed by atoms with Crippen molar-refractivity contribution < 1.29 is 9.84 Å². The van der Waals surface area contributed by atoms with E-state index >= 15 is 0 Å². The van der Waals surface area contributed by atoms with Gasteiger partial charge >= 0.3 is 0 Å². The van der Waals surface area contributed by atoms with Gasteiger partial charge in [-0.1, -0.05) is 19.1 Å². The van der Waals surface area contributed by atoms with E-state index < -0.39 is 5.79 Å². The van der Waals surface area contributed by atoms with Crippen LogP contribution in [0.4, 0.5) is 0 Å². The molecule has 0 aromatic rings. The van der Waals surface area contributed by atoms with Crippen LogP contribution in [0.5, 0.6) is 0 Å². The highest BCUT2D eigenvalue weighted by atomic mass is 16.6. The lowest BCUT2D eigenvalue weighted by Gasteiger charge is -2.24. The summed E-state index contributed by atoms with van der Waals surface area (Å²) in [6, 6.07) is 0. The summed E-state index contributed by atoms with van der Waals surface area (Å²) in [7, 11) is 0. The van der Waals surface area contributed by atoms with E-state index in [9.17, 15) is 5.11 Å². The summed E-state index contributed by atoms with van der Waals surface area (Å²) in [5, 5.41) is 9.61. The Kier molecular flexibility index (Phi) is 4.83. The molecule has 11 heavy (non-hydrogen) atoms. The van der Waals surface area contributed by atoms with Gasteiger partial charge in [0.25, 0.3) is 0 Å². The second-order valence-corrected chi connectivity index (χ2v) is 2.39. The molecule has 0 aromatic carbocycles. The summed E-state index contributed by atoms with van der Waals surface area (Å²) in [6.45, 7) is 9.27. The average molecular weight is 156 g/mol. The standard InChI is InChI=1S/C9H16O2/c1-4-7-9(10,6-3)11-8-5-2/h4-5,10H,1-2,6-8H2,3H3. The van der Waals surface area contributed by atoms with Crippen molar-refractivity contribution in [3.63, 3.8) is 0 Å². The molecule has 1 N–H and O–H groups in total. The normalized spacial score (nSPS) is 15.5. The highest BCUT2D eigenvalue weighted by Crippen LogP contribution is 2.16. The van der Waals surface area contributed by atoms with Gasteiger partial charge in [-0.3, -0.25) is 0 Å². The third kappa shape index (κ3) is 3.96.